The lowest BCUT2D eigenvalue weighted by Crippen LogP contribution is -2.19. The summed E-state index contributed by atoms with van der Waals surface area (Å²) >= 11 is 0. The second-order valence-electron chi connectivity index (χ2n) is 7.30. The molecule has 150 valence electrons. The molecule has 0 radical (unpaired) electrons. The minimum absolute atomic E-state index is 0.115. The summed E-state index contributed by atoms with van der Waals surface area (Å²) in [5.41, 5.74) is 2.69. The summed E-state index contributed by atoms with van der Waals surface area (Å²) in [6.45, 7) is 2.16. The van der Waals surface area contributed by atoms with E-state index < -0.39 is 0 Å². The zero-order valence-electron chi connectivity index (χ0n) is 16.6. The van der Waals surface area contributed by atoms with Gasteiger partial charge in [0.1, 0.15) is 12.0 Å². The zero-order chi connectivity index (χ0) is 20.1. The Kier molecular flexibility index (Phi) is 5.89. The molecule has 1 unspecified atom stereocenters. The van der Waals surface area contributed by atoms with Crippen molar-refractivity contribution in [1.82, 2.24) is 9.97 Å². The first kappa shape index (κ1) is 19.2. The first-order valence-electron chi connectivity index (χ1n) is 10.2. The Morgan fingerprint density at radius 2 is 2.10 bits per heavy atom. The minimum atomic E-state index is -0.329. The number of aryl methyl sites for hydroxylation is 1. The Hall–Kier alpha value is -3.15. The van der Waals surface area contributed by atoms with Crippen molar-refractivity contribution in [2.24, 2.45) is 0 Å². The van der Waals surface area contributed by atoms with E-state index in [1.165, 1.54) is 6.26 Å². The molecule has 0 spiro atoms. The number of fused-ring (bicyclic) bond motifs is 6. The van der Waals surface area contributed by atoms with Gasteiger partial charge in [-0.1, -0.05) is 25.5 Å². The number of amides is 1. The van der Waals surface area contributed by atoms with E-state index >= 15 is 0 Å². The maximum atomic E-state index is 12.7. The molecule has 3 heterocycles. The molecule has 6 heteroatoms. The van der Waals surface area contributed by atoms with Crippen LogP contribution in [0.15, 0.2) is 53.3 Å². The van der Waals surface area contributed by atoms with Crippen molar-refractivity contribution >= 4 is 11.6 Å². The number of oxazole rings is 1. The summed E-state index contributed by atoms with van der Waals surface area (Å²) in [7, 11) is 0. The summed E-state index contributed by atoms with van der Waals surface area (Å²) in [5, 5.41) is 2.91. The highest BCUT2D eigenvalue weighted by atomic mass is 16.5. The Labute approximate surface area is 170 Å². The molecule has 6 nitrogen and oxygen atoms in total. The zero-order valence-corrected chi connectivity index (χ0v) is 16.6. The number of para-hydroxylation sites is 2. The summed E-state index contributed by atoms with van der Waals surface area (Å²) < 4.78 is 11.8. The van der Waals surface area contributed by atoms with Crippen LogP contribution in [0.3, 0.4) is 0 Å². The van der Waals surface area contributed by atoms with Gasteiger partial charge in [0, 0.05) is 17.5 Å². The van der Waals surface area contributed by atoms with Crippen molar-refractivity contribution in [1.29, 1.82) is 0 Å². The summed E-state index contributed by atoms with van der Waals surface area (Å²) in [6, 6.07) is 11.4. The molecule has 2 aromatic heterocycles. The molecule has 1 aromatic carbocycles. The number of carbonyl (C=O) groups excluding carboxylic acids is 1. The summed E-state index contributed by atoms with van der Waals surface area (Å²) in [5.74, 6) is 0.768. The number of hydrogen-bond acceptors (Lipinski definition) is 5. The smallest absolute Gasteiger partial charge is 0.277 e. The minimum Gasteiger partial charge on any atom is -0.488 e. The van der Waals surface area contributed by atoms with Crippen LogP contribution in [0.25, 0.3) is 11.5 Å². The first-order valence-corrected chi connectivity index (χ1v) is 10.2. The third-order valence-electron chi connectivity index (χ3n) is 5.05. The predicted octanol–water partition coefficient (Wildman–Crippen LogP) is 5.26. The number of carbonyl (C=O) groups is 1. The summed E-state index contributed by atoms with van der Waals surface area (Å²) in [6.07, 6.45) is 9.22. The van der Waals surface area contributed by atoms with Crippen molar-refractivity contribution in [3.8, 4) is 17.2 Å². The van der Waals surface area contributed by atoms with Gasteiger partial charge in [-0.25, -0.2) is 4.98 Å². The van der Waals surface area contributed by atoms with E-state index in [9.17, 15) is 4.79 Å². The quantitative estimate of drug-likeness (QED) is 0.644. The van der Waals surface area contributed by atoms with E-state index in [-0.39, 0.29) is 17.7 Å². The van der Waals surface area contributed by atoms with Crippen LogP contribution in [0.4, 0.5) is 5.69 Å². The van der Waals surface area contributed by atoms with E-state index in [1.807, 2.05) is 36.4 Å². The molecule has 4 bridgehead atoms. The third kappa shape index (κ3) is 4.65. The summed E-state index contributed by atoms with van der Waals surface area (Å²) in [4.78, 5) is 21.5. The fraction of sp³-hybridized carbons (Fsp3) is 0.348. The number of rotatable bonds is 2. The van der Waals surface area contributed by atoms with Gasteiger partial charge in [0.15, 0.2) is 5.69 Å². The molecule has 4 rings (SSSR count). The fourth-order valence-corrected chi connectivity index (χ4v) is 3.56. The largest absolute Gasteiger partial charge is 0.488 e. The van der Waals surface area contributed by atoms with E-state index in [1.54, 1.807) is 6.20 Å². The number of hydrogen-bond donors (Lipinski definition) is 1. The highest BCUT2D eigenvalue weighted by Gasteiger charge is 2.18. The molecule has 1 aliphatic heterocycles. The molecule has 1 N–H and O–H groups in total. The van der Waals surface area contributed by atoms with Crippen molar-refractivity contribution in [2.75, 3.05) is 5.32 Å². The van der Waals surface area contributed by atoms with Gasteiger partial charge < -0.3 is 14.5 Å². The van der Waals surface area contributed by atoms with Crippen molar-refractivity contribution in [3.05, 3.63) is 60.2 Å². The number of pyridine rings is 1. The van der Waals surface area contributed by atoms with Gasteiger partial charge in [-0.05, 0) is 56.4 Å². The topological polar surface area (TPSA) is 77.2 Å². The molecule has 0 fully saturated rings. The van der Waals surface area contributed by atoms with Gasteiger partial charge in [-0.3, -0.25) is 9.78 Å². The molecule has 0 saturated heterocycles. The lowest BCUT2D eigenvalue weighted by Gasteiger charge is -2.21. The second kappa shape index (κ2) is 8.90. The average Bonchev–Trinajstić information content (AvgIpc) is 3.23. The van der Waals surface area contributed by atoms with Gasteiger partial charge in [0.25, 0.3) is 5.91 Å². The maximum Gasteiger partial charge on any atom is 0.277 e. The van der Waals surface area contributed by atoms with Crippen molar-refractivity contribution < 1.29 is 13.9 Å². The van der Waals surface area contributed by atoms with E-state index in [4.69, 9.17) is 9.15 Å². The second-order valence-corrected chi connectivity index (χ2v) is 7.30. The highest BCUT2D eigenvalue weighted by molar-refractivity contribution is 6.03. The van der Waals surface area contributed by atoms with Crippen LogP contribution in [0.2, 0.25) is 0 Å². The Morgan fingerprint density at radius 1 is 1.21 bits per heavy atom. The van der Waals surface area contributed by atoms with Crippen LogP contribution in [0, 0.1) is 0 Å². The number of ether oxygens (including phenoxy) is 1. The average molecular weight is 391 g/mol. The normalized spacial score (nSPS) is 17.1. The van der Waals surface area contributed by atoms with Gasteiger partial charge in [0.05, 0.1) is 11.8 Å². The molecule has 3 aromatic rings. The molecule has 1 amide bonds. The van der Waals surface area contributed by atoms with Crippen LogP contribution < -0.4 is 10.1 Å². The lowest BCUT2D eigenvalue weighted by atomic mass is 10.0. The predicted molar refractivity (Wildman–Crippen MR) is 111 cm³/mol. The van der Waals surface area contributed by atoms with Gasteiger partial charge in [-0.15, -0.1) is 0 Å². The first-order chi connectivity index (χ1) is 14.2. The SMILES string of the molecule is CCCC1CCCCc2cc(ccn2)-c2nc(co2)C(=O)Nc2ccccc2O1. The molecular formula is C23H25N3O3. The van der Waals surface area contributed by atoms with Gasteiger partial charge in [0.2, 0.25) is 5.89 Å². The third-order valence-corrected chi connectivity index (χ3v) is 5.05. The van der Waals surface area contributed by atoms with Crippen LogP contribution in [-0.4, -0.2) is 22.0 Å². The Morgan fingerprint density at radius 3 is 3.00 bits per heavy atom. The maximum absolute atomic E-state index is 12.7. The van der Waals surface area contributed by atoms with Crippen LogP contribution in [-0.2, 0) is 6.42 Å². The molecule has 1 atom stereocenters. The molecule has 1 aliphatic rings. The molecule has 0 saturated carbocycles. The van der Waals surface area contributed by atoms with Crippen molar-refractivity contribution in [2.45, 2.75) is 51.6 Å². The van der Waals surface area contributed by atoms with Crippen LogP contribution >= 0.6 is 0 Å². The standard InChI is InChI=1S/C23H25N3O3/c1-2-7-18-9-4-3-8-17-14-16(12-13-24-17)23-26-20(15-28-23)22(27)25-19-10-5-6-11-21(19)29-18/h5-6,10-15,18H,2-4,7-9H2,1H3,(H,25,27). The molecule has 0 aliphatic carbocycles. The molecule has 29 heavy (non-hydrogen) atoms. The van der Waals surface area contributed by atoms with Crippen molar-refractivity contribution in [3.63, 3.8) is 0 Å². The van der Waals surface area contributed by atoms with E-state index in [0.717, 1.165) is 49.8 Å². The van der Waals surface area contributed by atoms with Gasteiger partial charge in [-0.2, -0.15) is 0 Å². The number of anilines is 1. The molecular weight excluding hydrogens is 366 g/mol. The number of benzene rings is 1. The Balaban J connectivity index is 1.67. The van der Waals surface area contributed by atoms with Gasteiger partial charge >= 0.3 is 0 Å². The highest BCUT2D eigenvalue weighted by Crippen LogP contribution is 2.28. The lowest BCUT2D eigenvalue weighted by molar-refractivity contribution is 0.102. The number of nitrogens with zero attached hydrogens (tertiary/aromatic N) is 2. The van der Waals surface area contributed by atoms with E-state index in [2.05, 4.69) is 22.2 Å². The fourth-order valence-electron chi connectivity index (χ4n) is 3.56. The monoisotopic (exact) mass is 391 g/mol. The van der Waals surface area contributed by atoms with Crippen LogP contribution in [0.5, 0.6) is 5.75 Å². The number of aromatic nitrogens is 2. The number of nitrogens with one attached hydrogen (secondary N) is 1. The van der Waals surface area contributed by atoms with E-state index in [0.29, 0.717) is 17.3 Å². The van der Waals surface area contributed by atoms with Crippen LogP contribution in [0.1, 0.15) is 55.2 Å². The Bertz CT molecular complexity index is 983.